The summed E-state index contributed by atoms with van der Waals surface area (Å²) in [7, 11) is 1.47. The Morgan fingerprint density at radius 3 is 2.53 bits per heavy atom. The lowest BCUT2D eigenvalue weighted by Gasteiger charge is -2.23. The lowest BCUT2D eigenvalue weighted by Crippen LogP contribution is -2.36. The van der Waals surface area contributed by atoms with Crippen LogP contribution in [0.15, 0.2) is 36.4 Å². The molecular formula is C25H30N2O5. The van der Waals surface area contributed by atoms with E-state index in [4.69, 9.17) is 18.9 Å². The van der Waals surface area contributed by atoms with Gasteiger partial charge < -0.3 is 18.9 Å². The molecule has 7 heteroatoms. The van der Waals surface area contributed by atoms with Crippen molar-refractivity contribution in [3.8, 4) is 17.2 Å². The van der Waals surface area contributed by atoms with Crippen LogP contribution in [0, 0.1) is 0 Å². The number of methoxy groups -OCH3 is 1. The molecule has 0 unspecified atom stereocenters. The molecule has 170 valence electrons. The SMILES string of the molecule is COC(=O)[C@@H]1CCCN1Cc1ccc2c(c1)CN(Cc1ccc3c(c1)OCCO3)CCO2. The van der Waals surface area contributed by atoms with E-state index in [1.54, 1.807) is 0 Å². The Morgan fingerprint density at radius 2 is 1.69 bits per heavy atom. The second kappa shape index (κ2) is 9.38. The van der Waals surface area contributed by atoms with Crippen LogP contribution in [0.2, 0.25) is 0 Å². The fraction of sp³-hybridized carbons (Fsp3) is 0.480. The van der Waals surface area contributed by atoms with E-state index < -0.39 is 0 Å². The molecule has 1 saturated heterocycles. The molecule has 0 spiro atoms. The maximum Gasteiger partial charge on any atom is 0.323 e. The summed E-state index contributed by atoms with van der Waals surface area (Å²) in [4.78, 5) is 16.7. The molecule has 3 aliphatic rings. The van der Waals surface area contributed by atoms with Gasteiger partial charge in [0.15, 0.2) is 11.5 Å². The van der Waals surface area contributed by atoms with Crippen LogP contribution in [-0.4, -0.2) is 61.8 Å². The number of nitrogens with zero attached hydrogens (tertiary/aromatic N) is 2. The highest BCUT2D eigenvalue weighted by Crippen LogP contribution is 2.32. The van der Waals surface area contributed by atoms with Crippen molar-refractivity contribution < 1.29 is 23.7 Å². The molecule has 3 aliphatic heterocycles. The Bertz CT molecular complexity index is 979. The van der Waals surface area contributed by atoms with Crippen molar-refractivity contribution in [2.75, 3.05) is 40.0 Å². The number of esters is 1. The summed E-state index contributed by atoms with van der Waals surface area (Å²) in [5, 5.41) is 0. The Kier molecular flexibility index (Phi) is 6.19. The summed E-state index contributed by atoms with van der Waals surface area (Å²) in [6.45, 7) is 6.02. The van der Waals surface area contributed by atoms with Gasteiger partial charge in [0.25, 0.3) is 0 Å². The van der Waals surface area contributed by atoms with E-state index in [-0.39, 0.29) is 12.0 Å². The van der Waals surface area contributed by atoms with E-state index in [1.165, 1.54) is 23.8 Å². The first kappa shape index (κ1) is 21.1. The number of carbonyl (C=O) groups excluding carboxylic acids is 1. The molecular weight excluding hydrogens is 408 g/mol. The molecule has 0 radical (unpaired) electrons. The van der Waals surface area contributed by atoms with Gasteiger partial charge in [-0.15, -0.1) is 0 Å². The van der Waals surface area contributed by atoms with Crippen LogP contribution in [-0.2, 0) is 29.2 Å². The third-order valence-corrected chi connectivity index (χ3v) is 6.42. The third kappa shape index (κ3) is 4.54. The number of benzene rings is 2. The van der Waals surface area contributed by atoms with Gasteiger partial charge in [-0.1, -0.05) is 12.1 Å². The number of rotatable bonds is 5. The van der Waals surface area contributed by atoms with Gasteiger partial charge in [-0.05, 0) is 54.8 Å². The number of carbonyl (C=O) groups is 1. The van der Waals surface area contributed by atoms with Gasteiger partial charge >= 0.3 is 5.97 Å². The summed E-state index contributed by atoms with van der Waals surface area (Å²) >= 11 is 0. The van der Waals surface area contributed by atoms with Crippen LogP contribution in [0.1, 0.15) is 29.5 Å². The molecule has 32 heavy (non-hydrogen) atoms. The van der Waals surface area contributed by atoms with Crippen LogP contribution in [0.25, 0.3) is 0 Å². The first-order chi connectivity index (χ1) is 15.7. The molecule has 3 heterocycles. The molecule has 0 saturated carbocycles. The second-order valence-corrected chi connectivity index (χ2v) is 8.63. The number of ether oxygens (including phenoxy) is 4. The van der Waals surface area contributed by atoms with Crippen molar-refractivity contribution in [1.82, 2.24) is 9.80 Å². The fourth-order valence-corrected chi connectivity index (χ4v) is 4.83. The second-order valence-electron chi connectivity index (χ2n) is 8.63. The summed E-state index contributed by atoms with van der Waals surface area (Å²) in [5.41, 5.74) is 3.59. The van der Waals surface area contributed by atoms with Crippen LogP contribution in [0.4, 0.5) is 0 Å². The first-order valence-corrected chi connectivity index (χ1v) is 11.4. The lowest BCUT2D eigenvalue weighted by molar-refractivity contribution is -0.146. The molecule has 0 aliphatic carbocycles. The smallest absolute Gasteiger partial charge is 0.323 e. The molecule has 0 amide bonds. The average Bonchev–Trinajstić information content (AvgIpc) is 3.18. The maximum absolute atomic E-state index is 12.1. The van der Waals surface area contributed by atoms with Crippen molar-refractivity contribution in [2.45, 2.75) is 38.5 Å². The number of likely N-dealkylation sites (tertiary alicyclic amines) is 1. The maximum atomic E-state index is 12.1. The lowest BCUT2D eigenvalue weighted by atomic mass is 10.1. The quantitative estimate of drug-likeness (QED) is 0.665. The summed E-state index contributed by atoms with van der Waals surface area (Å²) < 4.78 is 22.4. The molecule has 0 bridgehead atoms. The molecule has 1 fully saturated rings. The van der Waals surface area contributed by atoms with Gasteiger partial charge in [-0.25, -0.2) is 0 Å². The zero-order chi connectivity index (χ0) is 21.9. The van der Waals surface area contributed by atoms with Gasteiger partial charge in [0.1, 0.15) is 31.6 Å². The zero-order valence-corrected chi connectivity index (χ0v) is 18.5. The molecule has 5 rings (SSSR count). The molecule has 0 aromatic heterocycles. The number of hydrogen-bond acceptors (Lipinski definition) is 7. The monoisotopic (exact) mass is 438 g/mol. The Morgan fingerprint density at radius 1 is 0.938 bits per heavy atom. The summed E-state index contributed by atoms with van der Waals surface area (Å²) in [6.07, 6.45) is 1.89. The average molecular weight is 439 g/mol. The minimum atomic E-state index is -0.137. The summed E-state index contributed by atoms with van der Waals surface area (Å²) in [5.74, 6) is 2.46. The highest BCUT2D eigenvalue weighted by atomic mass is 16.6. The number of fused-ring (bicyclic) bond motifs is 2. The van der Waals surface area contributed by atoms with Crippen LogP contribution < -0.4 is 14.2 Å². The highest BCUT2D eigenvalue weighted by Gasteiger charge is 2.31. The Balaban J connectivity index is 1.28. The first-order valence-electron chi connectivity index (χ1n) is 11.4. The minimum Gasteiger partial charge on any atom is -0.492 e. The normalized spacial score (nSPS) is 20.8. The van der Waals surface area contributed by atoms with E-state index in [2.05, 4.69) is 40.1 Å². The van der Waals surface area contributed by atoms with Gasteiger partial charge in [0.2, 0.25) is 0 Å². The van der Waals surface area contributed by atoms with E-state index in [1.807, 2.05) is 6.07 Å². The van der Waals surface area contributed by atoms with Crippen molar-refractivity contribution in [3.05, 3.63) is 53.1 Å². The topological polar surface area (TPSA) is 60.5 Å². The predicted molar refractivity (Wildman–Crippen MR) is 119 cm³/mol. The van der Waals surface area contributed by atoms with Gasteiger partial charge in [-0.3, -0.25) is 14.6 Å². The molecule has 1 atom stereocenters. The van der Waals surface area contributed by atoms with Crippen molar-refractivity contribution in [2.24, 2.45) is 0 Å². The molecule has 2 aromatic carbocycles. The van der Waals surface area contributed by atoms with E-state index >= 15 is 0 Å². The summed E-state index contributed by atoms with van der Waals surface area (Å²) in [6, 6.07) is 12.5. The molecule has 0 N–H and O–H groups in total. The molecule has 7 nitrogen and oxygen atoms in total. The standard InChI is InChI=1S/C25H30N2O5/c1-29-25(28)21-3-2-8-27(21)16-18-4-6-22-20(13-18)17-26(9-10-30-22)15-19-5-7-23-24(14-19)32-12-11-31-23/h4-7,13-14,21H,2-3,8-12,15-17H2,1H3/t21-/m0/s1. The van der Waals surface area contributed by atoms with Crippen molar-refractivity contribution >= 4 is 5.97 Å². The van der Waals surface area contributed by atoms with Crippen LogP contribution in [0.3, 0.4) is 0 Å². The van der Waals surface area contributed by atoms with E-state index in [0.717, 1.165) is 62.8 Å². The van der Waals surface area contributed by atoms with Gasteiger partial charge in [-0.2, -0.15) is 0 Å². The van der Waals surface area contributed by atoms with Gasteiger partial charge in [0.05, 0.1) is 7.11 Å². The van der Waals surface area contributed by atoms with E-state index in [0.29, 0.717) is 19.8 Å². The molecule has 2 aromatic rings. The van der Waals surface area contributed by atoms with Crippen molar-refractivity contribution in [3.63, 3.8) is 0 Å². The number of hydrogen-bond donors (Lipinski definition) is 0. The third-order valence-electron chi connectivity index (χ3n) is 6.42. The Labute approximate surface area is 188 Å². The Hall–Kier alpha value is -2.77. The van der Waals surface area contributed by atoms with Crippen molar-refractivity contribution in [1.29, 1.82) is 0 Å². The highest BCUT2D eigenvalue weighted by molar-refractivity contribution is 5.76. The predicted octanol–water partition coefficient (Wildman–Crippen LogP) is 2.99. The van der Waals surface area contributed by atoms with Gasteiger partial charge in [0, 0.05) is 31.7 Å². The fourth-order valence-electron chi connectivity index (χ4n) is 4.83. The van der Waals surface area contributed by atoms with Crippen LogP contribution in [0.5, 0.6) is 17.2 Å². The van der Waals surface area contributed by atoms with E-state index in [9.17, 15) is 4.79 Å². The van der Waals surface area contributed by atoms with Crippen LogP contribution >= 0.6 is 0 Å². The zero-order valence-electron chi connectivity index (χ0n) is 18.5. The largest absolute Gasteiger partial charge is 0.492 e. The minimum absolute atomic E-state index is 0.133.